The van der Waals surface area contributed by atoms with E-state index in [1.54, 1.807) is 31.2 Å². The molecule has 4 rings (SSSR count). The van der Waals surface area contributed by atoms with Gasteiger partial charge in [-0.1, -0.05) is 11.6 Å². The van der Waals surface area contributed by atoms with E-state index in [1.165, 1.54) is 52.8 Å². The second-order valence-corrected chi connectivity index (χ2v) is 10.8. The largest absolute Gasteiger partial charge is 0.322 e. The van der Waals surface area contributed by atoms with Crippen LogP contribution in [0.5, 0.6) is 0 Å². The highest BCUT2D eigenvalue weighted by atomic mass is 35.5. The number of aldehydes is 1. The molecule has 0 saturated heterocycles. The molecule has 9 nitrogen and oxygen atoms in total. The van der Waals surface area contributed by atoms with Crippen LogP contribution in [0.3, 0.4) is 0 Å². The van der Waals surface area contributed by atoms with Gasteiger partial charge in [-0.15, -0.1) is 0 Å². The van der Waals surface area contributed by atoms with E-state index in [0.717, 1.165) is 6.26 Å². The molecular weight excluding hydrogens is 533 g/mol. The van der Waals surface area contributed by atoms with Crippen LogP contribution in [-0.4, -0.2) is 44.1 Å². The van der Waals surface area contributed by atoms with Crippen LogP contribution in [0.4, 0.5) is 21.5 Å². The van der Waals surface area contributed by atoms with Gasteiger partial charge in [0.2, 0.25) is 10.0 Å². The highest BCUT2D eigenvalue weighted by Crippen LogP contribution is 2.41. The fourth-order valence-electron chi connectivity index (χ4n) is 3.97. The minimum absolute atomic E-state index is 0.0194. The molecule has 0 bridgehead atoms. The van der Waals surface area contributed by atoms with Gasteiger partial charge in [0, 0.05) is 17.4 Å². The van der Waals surface area contributed by atoms with Gasteiger partial charge in [-0.3, -0.25) is 13.9 Å². The summed E-state index contributed by atoms with van der Waals surface area (Å²) in [6.45, 7) is 3.27. The third-order valence-electron chi connectivity index (χ3n) is 5.68. The summed E-state index contributed by atoms with van der Waals surface area (Å²) in [4.78, 5) is 28.3. The van der Waals surface area contributed by atoms with E-state index in [9.17, 15) is 22.4 Å². The van der Waals surface area contributed by atoms with Gasteiger partial charge < -0.3 is 5.32 Å². The van der Waals surface area contributed by atoms with Crippen LogP contribution in [0.2, 0.25) is 5.15 Å². The van der Waals surface area contributed by atoms with Gasteiger partial charge in [-0.05, 0) is 74.0 Å². The zero-order valence-electron chi connectivity index (χ0n) is 20.6. The van der Waals surface area contributed by atoms with E-state index in [1.807, 2.05) is 0 Å². The van der Waals surface area contributed by atoms with Crippen molar-refractivity contribution in [1.82, 2.24) is 4.98 Å². The number of hydrazone groups is 1. The number of nitrogens with one attached hydrogen (secondary N) is 1. The molecule has 0 spiro atoms. The normalized spacial score (nSPS) is 13.7. The van der Waals surface area contributed by atoms with E-state index in [0.29, 0.717) is 40.2 Å². The molecule has 0 fully saturated rings. The number of amides is 1. The van der Waals surface area contributed by atoms with E-state index in [2.05, 4.69) is 15.4 Å². The first-order valence-electron chi connectivity index (χ1n) is 11.3. The number of carbonyl (C=O) groups is 2. The Morgan fingerprint density at radius 1 is 1.21 bits per heavy atom. The number of halogens is 2. The molecule has 2 aromatic carbocycles. The average Bonchev–Trinajstić information content (AvgIpc) is 2.87. The predicted molar refractivity (Wildman–Crippen MR) is 146 cm³/mol. The summed E-state index contributed by atoms with van der Waals surface area (Å²) in [5, 5.41) is 8.68. The van der Waals surface area contributed by atoms with Crippen molar-refractivity contribution >= 4 is 62.3 Å². The minimum atomic E-state index is -3.68. The molecule has 0 saturated carbocycles. The zero-order valence-corrected chi connectivity index (χ0v) is 22.2. The Balaban J connectivity index is 1.89. The number of pyridine rings is 1. The molecule has 12 heteroatoms. The predicted octanol–water partition coefficient (Wildman–Crippen LogP) is 4.72. The van der Waals surface area contributed by atoms with Crippen molar-refractivity contribution in [3.8, 4) is 0 Å². The van der Waals surface area contributed by atoms with Crippen LogP contribution in [-0.2, 0) is 14.8 Å². The number of sulfonamides is 1. The van der Waals surface area contributed by atoms with Crippen LogP contribution < -0.4 is 14.6 Å². The number of fused-ring (bicyclic) bond motifs is 1. The molecule has 1 amide bonds. The van der Waals surface area contributed by atoms with Gasteiger partial charge in [0.15, 0.2) is 6.29 Å². The molecule has 1 N–H and O–H groups in total. The fraction of sp³-hybridized carbons (Fsp3) is 0.154. The lowest BCUT2D eigenvalue weighted by Gasteiger charge is -2.35. The van der Waals surface area contributed by atoms with Crippen LogP contribution >= 0.6 is 11.6 Å². The minimum Gasteiger partial charge on any atom is -0.322 e. The quantitative estimate of drug-likeness (QED) is 0.195. The van der Waals surface area contributed by atoms with Gasteiger partial charge in [-0.25, -0.2) is 22.8 Å². The molecule has 38 heavy (non-hydrogen) atoms. The number of anilines is 3. The summed E-state index contributed by atoms with van der Waals surface area (Å²) in [7, 11) is -3.68. The SMILES string of the molecule is CC1=C(N(/N=C(\C)C=O)c2ccc(F)cc2)c2cc(NC(=O)c3cccnc3Cl)ccc2N(S(C)(=O)=O)C1. The lowest BCUT2D eigenvalue weighted by molar-refractivity contribution is -0.102. The molecular formula is C26H23ClFN5O4S. The van der Waals surface area contributed by atoms with Gasteiger partial charge in [0.1, 0.15) is 11.0 Å². The Bertz CT molecular complexity index is 1590. The van der Waals surface area contributed by atoms with Gasteiger partial charge in [0.25, 0.3) is 5.91 Å². The van der Waals surface area contributed by atoms with Crippen molar-refractivity contribution in [2.75, 3.05) is 27.4 Å². The smallest absolute Gasteiger partial charge is 0.258 e. The number of nitrogens with zero attached hydrogens (tertiary/aromatic N) is 4. The van der Waals surface area contributed by atoms with Crippen molar-refractivity contribution in [2.45, 2.75) is 13.8 Å². The zero-order chi connectivity index (χ0) is 27.6. The molecule has 0 atom stereocenters. The molecule has 1 aliphatic heterocycles. The highest BCUT2D eigenvalue weighted by Gasteiger charge is 2.32. The van der Waals surface area contributed by atoms with Gasteiger partial charge >= 0.3 is 0 Å². The Hall–Kier alpha value is -4.09. The second kappa shape index (κ2) is 10.7. The monoisotopic (exact) mass is 555 g/mol. The molecule has 0 unspecified atom stereocenters. The van der Waals surface area contributed by atoms with Crippen molar-refractivity contribution < 1.29 is 22.4 Å². The molecule has 1 aliphatic rings. The van der Waals surface area contributed by atoms with Crippen LogP contribution in [0.1, 0.15) is 29.8 Å². The van der Waals surface area contributed by atoms with E-state index < -0.39 is 21.7 Å². The Morgan fingerprint density at radius 2 is 1.92 bits per heavy atom. The number of carbonyl (C=O) groups excluding carboxylic acids is 2. The number of hydrogen-bond acceptors (Lipinski definition) is 7. The second-order valence-electron chi connectivity index (χ2n) is 8.57. The summed E-state index contributed by atoms with van der Waals surface area (Å²) in [5.74, 6) is -0.965. The first kappa shape index (κ1) is 27.0. The fourth-order valence-corrected chi connectivity index (χ4v) is 5.12. The lowest BCUT2D eigenvalue weighted by atomic mass is 9.99. The summed E-state index contributed by atoms with van der Waals surface area (Å²) in [5.41, 5.74) is 2.93. The summed E-state index contributed by atoms with van der Waals surface area (Å²) in [6, 6.07) is 13.4. The number of hydrogen-bond donors (Lipinski definition) is 1. The third-order valence-corrected chi connectivity index (χ3v) is 7.11. The first-order chi connectivity index (χ1) is 18.0. The number of rotatable bonds is 7. The van der Waals surface area contributed by atoms with Crippen LogP contribution in [0.15, 0.2) is 71.5 Å². The lowest BCUT2D eigenvalue weighted by Crippen LogP contribution is -2.37. The van der Waals surface area contributed by atoms with Crippen molar-refractivity contribution in [1.29, 1.82) is 0 Å². The first-order valence-corrected chi connectivity index (χ1v) is 13.5. The van der Waals surface area contributed by atoms with Gasteiger partial charge in [0.05, 0.1) is 41.1 Å². The molecule has 196 valence electrons. The standard InChI is InChI=1S/C26H23ClFN5O4S/c1-16-14-32(38(3,36)37)23-11-8-19(30-26(35)21-5-4-12-29-25(21)27)13-22(23)24(16)33(31-17(2)15-34)20-9-6-18(28)7-10-20/h4-13,15H,14H2,1-3H3,(H,30,35)/b31-17+. The van der Waals surface area contributed by atoms with Gasteiger partial charge in [-0.2, -0.15) is 5.10 Å². The highest BCUT2D eigenvalue weighted by molar-refractivity contribution is 7.92. The summed E-state index contributed by atoms with van der Waals surface area (Å²) < 4.78 is 40.3. The topological polar surface area (TPSA) is 112 Å². The molecule has 0 radical (unpaired) electrons. The summed E-state index contributed by atoms with van der Waals surface area (Å²) >= 11 is 6.07. The number of benzene rings is 2. The maximum atomic E-state index is 13.7. The maximum absolute atomic E-state index is 13.7. The molecule has 3 aromatic rings. The Morgan fingerprint density at radius 3 is 2.55 bits per heavy atom. The Kier molecular flexibility index (Phi) is 7.61. The third kappa shape index (κ3) is 5.58. The number of aromatic nitrogens is 1. The van der Waals surface area contributed by atoms with E-state index in [4.69, 9.17) is 11.6 Å². The Labute approximate surface area is 224 Å². The average molecular weight is 556 g/mol. The van der Waals surface area contributed by atoms with Crippen molar-refractivity contribution in [3.63, 3.8) is 0 Å². The summed E-state index contributed by atoms with van der Waals surface area (Å²) in [6.07, 6.45) is 3.14. The molecule has 0 aliphatic carbocycles. The molecule has 2 heterocycles. The maximum Gasteiger partial charge on any atom is 0.258 e. The van der Waals surface area contributed by atoms with E-state index in [-0.39, 0.29) is 23.0 Å². The van der Waals surface area contributed by atoms with E-state index >= 15 is 0 Å². The van der Waals surface area contributed by atoms with Crippen LogP contribution in [0.25, 0.3) is 5.70 Å². The molecule has 1 aromatic heterocycles. The van der Waals surface area contributed by atoms with Crippen molar-refractivity contribution in [2.24, 2.45) is 5.10 Å². The van der Waals surface area contributed by atoms with Crippen molar-refractivity contribution in [3.05, 3.63) is 88.5 Å². The van der Waals surface area contributed by atoms with Crippen LogP contribution in [0, 0.1) is 5.82 Å².